The van der Waals surface area contributed by atoms with Crippen LogP contribution in [0.4, 0.5) is 0 Å². The van der Waals surface area contributed by atoms with Crippen molar-refractivity contribution in [1.29, 1.82) is 0 Å². The summed E-state index contributed by atoms with van der Waals surface area (Å²) < 4.78 is 5.30. The van der Waals surface area contributed by atoms with Crippen LogP contribution in [0.15, 0.2) is 11.7 Å². The predicted molar refractivity (Wildman–Crippen MR) is 57.6 cm³/mol. The highest BCUT2D eigenvalue weighted by Crippen LogP contribution is 2.10. The predicted octanol–water partition coefficient (Wildman–Crippen LogP) is 1.86. The Kier molecular flexibility index (Phi) is 5.75. The number of nitrogens with zero attached hydrogens (tertiary/aromatic N) is 1. The van der Waals surface area contributed by atoms with Crippen LogP contribution in [0.3, 0.4) is 0 Å². The molecule has 0 saturated heterocycles. The van der Waals surface area contributed by atoms with Gasteiger partial charge in [0.05, 0.1) is 11.6 Å². The summed E-state index contributed by atoms with van der Waals surface area (Å²) in [5, 5.41) is 9.62. The van der Waals surface area contributed by atoms with E-state index in [-0.39, 0.29) is 6.10 Å². The Balaban J connectivity index is 2.07. The van der Waals surface area contributed by atoms with Crippen LogP contribution in [0.2, 0.25) is 0 Å². The monoisotopic (exact) mass is 215 g/mol. The van der Waals surface area contributed by atoms with E-state index in [1.165, 1.54) is 0 Å². The molecule has 1 unspecified atom stereocenters. The number of aliphatic hydroxyl groups excluding tert-OH is 1. The van der Waals surface area contributed by atoms with E-state index in [0.29, 0.717) is 19.4 Å². The molecular weight excluding hydrogens is 198 g/mol. The quantitative estimate of drug-likeness (QED) is 0.706. The highest BCUT2D eigenvalue weighted by Gasteiger charge is 2.06. The first-order chi connectivity index (χ1) is 6.83. The van der Waals surface area contributed by atoms with Crippen LogP contribution in [0.1, 0.15) is 24.6 Å². The van der Waals surface area contributed by atoms with Crippen molar-refractivity contribution in [3.05, 3.63) is 16.6 Å². The highest BCUT2D eigenvalue weighted by molar-refractivity contribution is 7.09. The van der Waals surface area contributed by atoms with Crippen molar-refractivity contribution in [3.8, 4) is 0 Å². The third-order valence-electron chi connectivity index (χ3n) is 1.86. The molecule has 0 aliphatic heterocycles. The van der Waals surface area contributed by atoms with Crippen LogP contribution in [-0.2, 0) is 11.2 Å². The molecule has 1 heterocycles. The number of aromatic nitrogens is 1. The Labute approximate surface area is 88.8 Å². The minimum atomic E-state index is -0.299. The molecule has 0 aromatic carbocycles. The van der Waals surface area contributed by atoms with Gasteiger partial charge in [-0.3, -0.25) is 4.98 Å². The Morgan fingerprint density at radius 2 is 2.43 bits per heavy atom. The molecule has 0 saturated carbocycles. The van der Waals surface area contributed by atoms with Crippen molar-refractivity contribution in [3.63, 3.8) is 0 Å². The number of ether oxygens (including phenoxy) is 1. The second-order valence-corrected chi connectivity index (χ2v) is 4.20. The average Bonchev–Trinajstić information content (AvgIpc) is 2.65. The van der Waals surface area contributed by atoms with E-state index >= 15 is 0 Å². The van der Waals surface area contributed by atoms with Crippen LogP contribution in [0.25, 0.3) is 0 Å². The van der Waals surface area contributed by atoms with Crippen LogP contribution in [0.5, 0.6) is 0 Å². The topological polar surface area (TPSA) is 42.4 Å². The zero-order valence-electron chi connectivity index (χ0n) is 8.48. The molecular formula is C10H17NO2S. The van der Waals surface area contributed by atoms with Gasteiger partial charge in [0.25, 0.3) is 0 Å². The normalized spacial score (nSPS) is 13.0. The molecule has 1 rings (SSSR count). The smallest absolute Gasteiger partial charge is 0.0794 e. The van der Waals surface area contributed by atoms with E-state index in [1.807, 2.05) is 0 Å². The van der Waals surface area contributed by atoms with E-state index in [2.05, 4.69) is 11.9 Å². The van der Waals surface area contributed by atoms with Gasteiger partial charge in [-0.15, -0.1) is 11.3 Å². The highest BCUT2D eigenvalue weighted by atomic mass is 32.1. The number of rotatable bonds is 7. The zero-order chi connectivity index (χ0) is 10.2. The summed E-state index contributed by atoms with van der Waals surface area (Å²) in [5.41, 5.74) is 1.79. The first kappa shape index (κ1) is 11.6. The van der Waals surface area contributed by atoms with Gasteiger partial charge in [-0.2, -0.15) is 0 Å². The molecule has 0 spiro atoms. The van der Waals surface area contributed by atoms with E-state index in [4.69, 9.17) is 4.74 Å². The molecule has 80 valence electrons. The maximum atomic E-state index is 9.62. The Bertz CT molecular complexity index is 226. The van der Waals surface area contributed by atoms with Crippen molar-refractivity contribution in [1.82, 2.24) is 4.98 Å². The molecule has 1 aromatic rings. The van der Waals surface area contributed by atoms with Gasteiger partial charge in [-0.1, -0.05) is 6.92 Å². The third kappa shape index (κ3) is 4.69. The largest absolute Gasteiger partial charge is 0.393 e. The molecule has 4 heteroatoms. The fourth-order valence-corrected chi connectivity index (χ4v) is 1.81. The van der Waals surface area contributed by atoms with Gasteiger partial charge in [0.2, 0.25) is 0 Å². The summed E-state index contributed by atoms with van der Waals surface area (Å²) in [5.74, 6) is 0. The van der Waals surface area contributed by atoms with Gasteiger partial charge in [0.1, 0.15) is 0 Å². The number of hydrogen-bond donors (Lipinski definition) is 1. The molecule has 1 aromatic heterocycles. The zero-order valence-corrected chi connectivity index (χ0v) is 9.30. The standard InChI is InChI=1S/C10H17NO2S/c1-2-4-13-5-3-9(12)6-10-7-11-8-14-10/h7-9,12H,2-6H2,1H3. The Hall–Kier alpha value is -0.450. The van der Waals surface area contributed by atoms with E-state index < -0.39 is 0 Å². The number of aliphatic hydroxyl groups is 1. The summed E-state index contributed by atoms with van der Waals surface area (Å²) >= 11 is 1.58. The van der Waals surface area contributed by atoms with E-state index in [9.17, 15) is 5.11 Å². The minimum absolute atomic E-state index is 0.299. The summed E-state index contributed by atoms with van der Waals surface area (Å²) in [6, 6.07) is 0. The lowest BCUT2D eigenvalue weighted by Gasteiger charge is -2.08. The van der Waals surface area contributed by atoms with Crippen LogP contribution < -0.4 is 0 Å². The fraction of sp³-hybridized carbons (Fsp3) is 0.700. The molecule has 0 fully saturated rings. The van der Waals surface area contributed by atoms with Gasteiger partial charge >= 0.3 is 0 Å². The van der Waals surface area contributed by atoms with Gasteiger partial charge in [0.15, 0.2) is 0 Å². The summed E-state index contributed by atoms with van der Waals surface area (Å²) in [6.07, 6.45) is 3.94. The van der Waals surface area contributed by atoms with Gasteiger partial charge in [-0.25, -0.2) is 0 Å². The molecule has 1 atom stereocenters. The van der Waals surface area contributed by atoms with Gasteiger partial charge in [-0.05, 0) is 12.8 Å². The van der Waals surface area contributed by atoms with Crippen LogP contribution >= 0.6 is 11.3 Å². The molecule has 0 aliphatic carbocycles. The van der Waals surface area contributed by atoms with Crippen molar-refractivity contribution in [2.75, 3.05) is 13.2 Å². The SMILES string of the molecule is CCCOCCC(O)Cc1cncs1. The molecule has 14 heavy (non-hydrogen) atoms. The first-order valence-electron chi connectivity index (χ1n) is 4.96. The van der Waals surface area contributed by atoms with Crippen molar-refractivity contribution >= 4 is 11.3 Å². The lowest BCUT2D eigenvalue weighted by Crippen LogP contribution is -2.13. The second kappa shape index (κ2) is 6.92. The Morgan fingerprint density at radius 1 is 1.57 bits per heavy atom. The summed E-state index contributed by atoms with van der Waals surface area (Å²) in [4.78, 5) is 5.09. The summed E-state index contributed by atoms with van der Waals surface area (Å²) in [6.45, 7) is 3.51. The average molecular weight is 215 g/mol. The maximum Gasteiger partial charge on any atom is 0.0794 e. The third-order valence-corrected chi connectivity index (χ3v) is 2.67. The number of hydrogen-bond acceptors (Lipinski definition) is 4. The Morgan fingerprint density at radius 3 is 3.07 bits per heavy atom. The lowest BCUT2D eigenvalue weighted by atomic mass is 10.2. The van der Waals surface area contributed by atoms with Crippen LogP contribution in [0, 0.1) is 0 Å². The number of thiazole rings is 1. The van der Waals surface area contributed by atoms with Gasteiger partial charge in [0, 0.05) is 30.7 Å². The minimum Gasteiger partial charge on any atom is -0.393 e. The molecule has 1 N–H and O–H groups in total. The maximum absolute atomic E-state index is 9.62. The van der Waals surface area contributed by atoms with Crippen molar-refractivity contribution < 1.29 is 9.84 Å². The van der Waals surface area contributed by atoms with Crippen LogP contribution in [-0.4, -0.2) is 29.4 Å². The van der Waals surface area contributed by atoms with E-state index in [1.54, 1.807) is 23.0 Å². The lowest BCUT2D eigenvalue weighted by molar-refractivity contribution is 0.0827. The molecule has 3 nitrogen and oxygen atoms in total. The van der Waals surface area contributed by atoms with Crippen molar-refractivity contribution in [2.45, 2.75) is 32.3 Å². The fourth-order valence-electron chi connectivity index (χ4n) is 1.14. The molecule has 0 bridgehead atoms. The van der Waals surface area contributed by atoms with Gasteiger partial charge < -0.3 is 9.84 Å². The molecule has 0 radical (unpaired) electrons. The second-order valence-electron chi connectivity index (χ2n) is 3.23. The molecule has 0 aliphatic rings. The molecule has 0 amide bonds. The summed E-state index contributed by atoms with van der Waals surface area (Å²) in [7, 11) is 0. The first-order valence-corrected chi connectivity index (χ1v) is 5.84. The van der Waals surface area contributed by atoms with E-state index in [0.717, 1.165) is 17.9 Å². The van der Waals surface area contributed by atoms with Crippen molar-refractivity contribution in [2.24, 2.45) is 0 Å².